The Morgan fingerprint density at radius 1 is 1.30 bits per heavy atom. The Labute approximate surface area is 163 Å². The van der Waals surface area contributed by atoms with E-state index in [9.17, 15) is 4.79 Å². The van der Waals surface area contributed by atoms with Gasteiger partial charge in [0.1, 0.15) is 5.75 Å². The van der Waals surface area contributed by atoms with Crippen molar-refractivity contribution in [3.8, 4) is 5.75 Å². The molecule has 0 saturated carbocycles. The van der Waals surface area contributed by atoms with Crippen molar-refractivity contribution in [1.82, 2.24) is 14.9 Å². The van der Waals surface area contributed by atoms with Gasteiger partial charge in [-0.25, -0.2) is 4.98 Å². The molecule has 0 radical (unpaired) electrons. The number of benzene rings is 2. The normalized spacial score (nSPS) is 11.6. The highest BCUT2D eigenvalue weighted by Crippen LogP contribution is 2.26. The Hall–Kier alpha value is -3.05. The van der Waals surface area contributed by atoms with E-state index in [-0.39, 0.29) is 18.6 Å². The van der Waals surface area contributed by atoms with Gasteiger partial charge < -0.3 is 14.6 Å². The number of nitrogens with one attached hydrogen (secondary N) is 1. The molecule has 0 aliphatic heterocycles. The Bertz CT molecular complexity index is 938. The predicted octanol–water partition coefficient (Wildman–Crippen LogP) is 4.31. The number of carbonyl (C=O) groups excluding carboxylic acids is 1. The maximum atomic E-state index is 12.3. The van der Waals surface area contributed by atoms with Gasteiger partial charge in [-0.2, -0.15) is 0 Å². The molecule has 1 N–H and O–H groups in total. The molecular formula is C21H20ClN3O2. The van der Waals surface area contributed by atoms with Crippen molar-refractivity contribution >= 4 is 23.2 Å². The first-order chi connectivity index (χ1) is 13.0. The zero-order valence-electron chi connectivity index (χ0n) is 14.9. The quantitative estimate of drug-likeness (QED) is 0.663. The second-order valence-electron chi connectivity index (χ2n) is 6.05. The second-order valence-corrected chi connectivity index (χ2v) is 6.48. The van der Waals surface area contributed by atoms with Gasteiger partial charge in [-0.05, 0) is 36.8 Å². The molecule has 3 aromatic rings. The average molecular weight is 382 g/mol. The topological polar surface area (TPSA) is 56.1 Å². The number of rotatable bonds is 7. The fourth-order valence-electron chi connectivity index (χ4n) is 2.67. The fourth-order valence-corrected chi connectivity index (χ4v) is 2.87. The molecule has 27 heavy (non-hydrogen) atoms. The van der Waals surface area contributed by atoms with Crippen LogP contribution in [0.1, 0.15) is 24.1 Å². The molecule has 0 fully saturated rings. The molecule has 1 heterocycles. The Morgan fingerprint density at radius 2 is 2.11 bits per heavy atom. The summed E-state index contributed by atoms with van der Waals surface area (Å²) in [7, 11) is 0. The van der Waals surface area contributed by atoms with Crippen molar-refractivity contribution in [1.29, 1.82) is 0 Å². The Balaban J connectivity index is 1.63. The summed E-state index contributed by atoms with van der Waals surface area (Å²) >= 11 is 6.00. The monoisotopic (exact) mass is 381 g/mol. The number of carbonyl (C=O) groups is 1. The van der Waals surface area contributed by atoms with Crippen LogP contribution >= 0.6 is 11.6 Å². The van der Waals surface area contributed by atoms with E-state index >= 15 is 0 Å². The predicted molar refractivity (Wildman–Crippen MR) is 107 cm³/mol. The van der Waals surface area contributed by atoms with Crippen molar-refractivity contribution in [2.75, 3.05) is 6.61 Å². The van der Waals surface area contributed by atoms with E-state index in [1.54, 1.807) is 29.4 Å². The number of imidazole rings is 1. The van der Waals surface area contributed by atoms with E-state index in [0.717, 1.165) is 16.8 Å². The lowest BCUT2D eigenvalue weighted by Gasteiger charge is -2.16. The minimum absolute atomic E-state index is 0.0981. The maximum absolute atomic E-state index is 12.3. The number of para-hydroxylation sites is 1. The molecule has 1 atom stereocenters. The number of hydrogen-bond acceptors (Lipinski definition) is 3. The number of hydrogen-bond donors (Lipinski definition) is 1. The first-order valence-electron chi connectivity index (χ1n) is 8.49. The third kappa shape index (κ3) is 4.77. The number of aromatic nitrogens is 2. The standard InChI is InChI=1S/C21H20ClN3O2/c1-15(17-6-5-7-18(22)12-17)24-21(26)13-27-20-9-4-3-8-19(20)16(2)25-11-10-23-14-25/h3-12,14-15H,2,13H2,1H3,(H,24,26). The molecule has 0 saturated heterocycles. The smallest absolute Gasteiger partial charge is 0.258 e. The van der Waals surface area contributed by atoms with Crippen LogP contribution in [0.5, 0.6) is 5.75 Å². The van der Waals surface area contributed by atoms with Gasteiger partial charge in [0.15, 0.2) is 6.61 Å². The molecular weight excluding hydrogens is 362 g/mol. The average Bonchev–Trinajstić information content (AvgIpc) is 3.21. The maximum Gasteiger partial charge on any atom is 0.258 e. The van der Waals surface area contributed by atoms with E-state index in [1.807, 2.05) is 49.4 Å². The van der Waals surface area contributed by atoms with Gasteiger partial charge in [0, 0.05) is 23.0 Å². The number of halogens is 1. The van der Waals surface area contributed by atoms with Crippen molar-refractivity contribution in [2.24, 2.45) is 0 Å². The van der Waals surface area contributed by atoms with Gasteiger partial charge in [0.05, 0.1) is 18.1 Å². The highest BCUT2D eigenvalue weighted by atomic mass is 35.5. The summed E-state index contributed by atoms with van der Waals surface area (Å²) in [5, 5.41) is 3.55. The van der Waals surface area contributed by atoms with Crippen molar-refractivity contribution < 1.29 is 9.53 Å². The summed E-state index contributed by atoms with van der Waals surface area (Å²) in [6, 6.07) is 14.7. The van der Waals surface area contributed by atoms with Crippen LogP contribution in [0.25, 0.3) is 5.70 Å². The number of ether oxygens (including phenoxy) is 1. The largest absolute Gasteiger partial charge is 0.483 e. The lowest BCUT2D eigenvalue weighted by Crippen LogP contribution is -2.31. The van der Waals surface area contributed by atoms with E-state index in [1.165, 1.54) is 0 Å². The van der Waals surface area contributed by atoms with E-state index in [4.69, 9.17) is 16.3 Å². The third-order valence-electron chi connectivity index (χ3n) is 4.10. The molecule has 0 aliphatic rings. The SMILES string of the molecule is C=C(c1ccccc1OCC(=O)NC(C)c1cccc(Cl)c1)n1ccnc1. The van der Waals surface area contributed by atoms with E-state index < -0.39 is 0 Å². The van der Waals surface area contributed by atoms with E-state index in [0.29, 0.717) is 10.8 Å². The Kier molecular flexibility index (Phi) is 5.94. The molecule has 0 bridgehead atoms. The molecule has 5 nitrogen and oxygen atoms in total. The second kappa shape index (κ2) is 8.56. The van der Waals surface area contributed by atoms with Crippen LogP contribution in [0, 0.1) is 0 Å². The molecule has 138 valence electrons. The number of amides is 1. The molecule has 6 heteroatoms. The summed E-state index contributed by atoms with van der Waals surface area (Å²) < 4.78 is 7.54. The molecule has 1 unspecified atom stereocenters. The van der Waals surface area contributed by atoms with Gasteiger partial charge >= 0.3 is 0 Å². The van der Waals surface area contributed by atoms with Crippen LogP contribution in [-0.2, 0) is 4.79 Å². The molecule has 1 amide bonds. The van der Waals surface area contributed by atoms with Gasteiger partial charge in [-0.3, -0.25) is 4.79 Å². The van der Waals surface area contributed by atoms with Crippen LogP contribution in [-0.4, -0.2) is 22.1 Å². The van der Waals surface area contributed by atoms with Crippen molar-refractivity contribution in [2.45, 2.75) is 13.0 Å². The lowest BCUT2D eigenvalue weighted by atomic mass is 10.1. The molecule has 2 aromatic carbocycles. The minimum atomic E-state index is -0.217. The van der Waals surface area contributed by atoms with Crippen LogP contribution in [0.15, 0.2) is 73.8 Å². The van der Waals surface area contributed by atoms with Gasteiger partial charge in [-0.15, -0.1) is 0 Å². The zero-order chi connectivity index (χ0) is 19.2. The van der Waals surface area contributed by atoms with Gasteiger partial charge in [-0.1, -0.05) is 42.4 Å². The summed E-state index contributed by atoms with van der Waals surface area (Å²) in [5.41, 5.74) is 2.45. The molecule has 0 aliphatic carbocycles. The minimum Gasteiger partial charge on any atom is -0.483 e. The van der Waals surface area contributed by atoms with Crippen LogP contribution in [0.2, 0.25) is 5.02 Å². The number of nitrogens with zero attached hydrogens (tertiary/aromatic N) is 2. The highest BCUT2D eigenvalue weighted by molar-refractivity contribution is 6.30. The lowest BCUT2D eigenvalue weighted by molar-refractivity contribution is -0.123. The Morgan fingerprint density at radius 3 is 2.85 bits per heavy atom. The third-order valence-corrected chi connectivity index (χ3v) is 4.33. The van der Waals surface area contributed by atoms with Crippen LogP contribution in [0.4, 0.5) is 0 Å². The van der Waals surface area contributed by atoms with E-state index in [2.05, 4.69) is 16.9 Å². The van der Waals surface area contributed by atoms with Gasteiger partial charge in [0.2, 0.25) is 0 Å². The first-order valence-corrected chi connectivity index (χ1v) is 8.86. The summed E-state index contributed by atoms with van der Waals surface area (Å²) in [6.45, 7) is 5.88. The summed E-state index contributed by atoms with van der Waals surface area (Å²) in [4.78, 5) is 16.3. The summed E-state index contributed by atoms with van der Waals surface area (Å²) in [6.07, 6.45) is 5.15. The first kappa shape index (κ1) is 18.7. The van der Waals surface area contributed by atoms with Gasteiger partial charge in [0.25, 0.3) is 5.91 Å². The summed E-state index contributed by atoms with van der Waals surface area (Å²) in [5.74, 6) is 0.368. The molecule has 0 spiro atoms. The van der Waals surface area contributed by atoms with Crippen LogP contribution in [0.3, 0.4) is 0 Å². The molecule has 3 rings (SSSR count). The highest BCUT2D eigenvalue weighted by Gasteiger charge is 2.13. The van der Waals surface area contributed by atoms with Crippen molar-refractivity contribution in [3.05, 3.63) is 90.0 Å². The van der Waals surface area contributed by atoms with Crippen molar-refractivity contribution in [3.63, 3.8) is 0 Å². The zero-order valence-corrected chi connectivity index (χ0v) is 15.7. The molecule has 1 aromatic heterocycles. The van der Waals surface area contributed by atoms with Crippen LogP contribution < -0.4 is 10.1 Å². The fraction of sp³-hybridized carbons (Fsp3) is 0.143.